The van der Waals surface area contributed by atoms with E-state index < -0.39 is 0 Å². The molecule has 1 aliphatic carbocycles. The summed E-state index contributed by atoms with van der Waals surface area (Å²) in [4.78, 5) is 0. The van der Waals surface area contributed by atoms with Gasteiger partial charge in [0, 0.05) is 6.04 Å². The first-order chi connectivity index (χ1) is 8.17. The zero-order valence-corrected chi connectivity index (χ0v) is 11.6. The fourth-order valence-electron chi connectivity index (χ4n) is 3.78. The van der Waals surface area contributed by atoms with Gasteiger partial charge in [0.15, 0.2) is 0 Å². The highest BCUT2D eigenvalue weighted by atomic mass is 14.9. The van der Waals surface area contributed by atoms with E-state index in [0.29, 0.717) is 11.5 Å². The first kappa shape index (κ1) is 12.6. The summed E-state index contributed by atoms with van der Waals surface area (Å²) < 4.78 is 0. The van der Waals surface area contributed by atoms with Crippen LogP contribution in [0.3, 0.4) is 0 Å². The van der Waals surface area contributed by atoms with Gasteiger partial charge in [-0.05, 0) is 50.1 Å². The lowest BCUT2D eigenvalue weighted by Crippen LogP contribution is -2.57. The average Bonchev–Trinajstić information content (AvgIpc) is 2.30. The van der Waals surface area contributed by atoms with Crippen molar-refractivity contribution in [3.8, 4) is 0 Å². The van der Waals surface area contributed by atoms with Crippen LogP contribution in [-0.2, 0) is 0 Å². The summed E-state index contributed by atoms with van der Waals surface area (Å²) in [5.41, 5.74) is 3.40. The van der Waals surface area contributed by atoms with Crippen molar-refractivity contribution in [1.29, 1.82) is 0 Å². The zero-order valence-electron chi connectivity index (χ0n) is 11.6. The number of nitrogens with one attached hydrogen (secondary N) is 1. The summed E-state index contributed by atoms with van der Waals surface area (Å²) in [7, 11) is 2.11. The average molecular weight is 231 g/mol. The highest BCUT2D eigenvalue weighted by Crippen LogP contribution is 2.57. The molecule has 0 aromatic heterocycles. The molecule has 0 amide bonds. The molecule has 0 saturated heterocycles. The van der Waals surface area contributed by atoms with E-state index in [1.807, 2.05) is 0 Å². The van der Waals surface area contributed by atoms with Gasteiger partial charge in [0.25, 0.3) is 0 Å². The number of benzene rings is 1. The molecule has 1 fully saturated rings. The normalized spacial score (nSPS) is 26.6. The Morgan fingerprint density at radius 2 is 2.00 bits per heavy atom. The molecule has 2 unspecified atom stereocenters. The molecule has 2 rings (SSSR count). The Balaban J connectivity index is 2.28. The smallest absolute Gasteiger partial charge is 0.0132 e. The Morgan fingerprint density at radius 1 is 1.29 bits per heavy atom. The van der Waals surface area contributed by atoms with Crippen LogP contribution < -0.4 is 5.32 Å². The van der Waals surface area contributed by atoms with Gasteiger partial charge in [-0.25, -0.2) is 0 Å². The maximum atomic E-state index is 3.51. The number of rotatable bonds is 4. The number of aryl methyl sites for hydroxylation is 1. The third-order valence-corrected chi connectivity index (χ3v) is 4.97. The van der Waals surface area contributed by atoms with Gasteiger partial charge < -0.3 is 5.32 Å². The molecule has 1 nitrogen and oxygen atoms in total. The van der Waals surface area contributed by atoms with E-state index in [2.05, 4.69) is 57.4 Å². The molecule has 1 aromatic carbocycles. The fraction of sp³-hybridized carbons (Fsp3) is 0.625. The maximum Gasteiger partial charge on any atom is 0.0132 e. The van der Waals surface area contributed by atoms with Gasteiger partial charge >= 0.3 is 0 Å². The first-order valence-electron chi connectivity index (χ1n) is 6.91. The predicted molar refractivity (Wildman–Crippen MR) is 74.4 cm³/mol. The van der Waals surface area contributed by atoms with Crippen molar-refractivity contribution in [3.05, 3.63) is 35.4 Å². The van der Waals surface area contributed by atoms with Gasteiger partial charge in [0.2, 0.25) is 0 Å². The Bertz CT molecular complexity index is 379. The van der Waals surface area contributed by atoms with Gasteiger partial charge in [-0.15, -0.1) is 0 Å². The van der Waals surface area contributed by atoms with Gasteiger partial charge in [0.05, 0.1) is 0 Å². The monoisotopic (exact) mass is 231 g/mol. The lowest BCUT2D eigenvalue weighted by atomic mass is 9.52. The van der Waals surface area contributed by atoms with Crippen LogP contribution in [0.1, 0.15) is 50.2 Å². The Kier molecular flexibility index (Phi) is 3.58. The molecule has 0 aliphatic heterocycles. The molecule has 1 aromatic rings. The van der Waals surface area contributed by atoms with Crippen LogP contribution in [0.15, 0.2) is 24.3 Å². The van der Waals surface area contributed by atoms with Crippen molar-refractivity contribution < 1.29 is 0 Å². The molecule has 1 heteroatoms. The van der Waals surface area contributed by atoms with Crippen LogP contribution in [-0.4, -0.2) is 13.1 Å². The molecule has 2 atom stereocenters. The summed E-state index contributed by atoms with van der Waals surface area (Å²) >= 11 is 0. The van der Waals surface area contributed by atoms with Gasteiger partial charge in [0.1, 0.15) is 0 Å². The minimum absolute atomic E-state index is 0.475. The minimum atomic E-state index is 0.475. The van der Waals surface area contributed by atoms with Crippen LogP contribution in [0.25, 0.3) is 0 Å². The van der Waals surface area contributed by atoms with Crippen LogP contribution in [0, 0.1) is 12.3 Å². The quantitative estimate of drug-likeness (QED) is 0.829. The van der Waals surface area contributed by atoms with E-state index in [9.17, 15) is 0 Å². The molecular weight excluding hydrogens is 206 g/mol. The summed E-state index contributed by atoms with van der Waals surface area (Å²) in [5.74, 6) is 0.745. The second kappa shape index (κ2) is 4.81. The van der Waals surface area contributed by atoms with Crippen LogP contribution in [0.5, 0.6) is 0 Å². The maximum absolute atomic E-state index is 3.51. The number of hydrogen-bond acceptors (Lipinski definition) is 1. The number of hydrogen-bond donors (Lipinski definition) is 1. The largest absolute Gasteiger partial charge is 0.316 e. The summed E-state index contributed by atoms with van der Waals surface area (Å²) in [6.07, 6.45) is 3.84. The van der Waals surface area contributed by atoms with E-state index >= 15 is 0 Å². The lowest BCUT2D eigenvalue weighted by Gasteiger charge is -2.56. The minimum Gasteiger partial charge on any atom is -0.316 e. The standard InChI is InChI=1S/C16H25N/c1-5-16(6-2)14(11-15(16)17-4)13-9-7-8-12(3)10-13/h7-10,14-15,17H,5-6,11H2,1-4H3. The van der Waals surface area contributed by atoms with Crippen molar-refractivity contribution in [2.75, 3.05) is 7.05 Å². The van der Waals surface area contributed by atoms with Gasteiger partial charge in [-0.3, -0.25) is 0 Å². The van der Waals surface area contributed by atoms with Crippen LogP contribution in [0.2, 0.25) is 0 Å². The van der Waals surface area contributed by atoms with E-state index in [1.54, 1.807) is 5.56 Å². The lowest BCUT2D eigenvalue weighted by molar-refractivity contribution is 0.0245. The van der Waals surface area contributed by atoms with Gasteiger partial charge in [-0.2, -0.15) is 0 Å². The van der Waals surface area contributed by atoms with E-state index in [-0.39, 0.29) is 0 Å². The Hall–Kier alpha value is -0.820. The molecule has 0 bridgehead atoms. The van der Waals surface area contributed by atoms with E-state index in [1.165, 1.54) is 24.8 Å². The highest BCUT2D eigenvalue weighted by Gasteiger charge is 2.52. The Labute approximate surface area is 106 Å². The molecule has 1 aliphatic rings. The van der Waals surface area contributed by atoms with Crippen molar-refractivity contribution in [2.24, 2.45) is 5.41 Å². The van der Waals surface area contributed by atoms with Crippen molar-refractivity contribution >= 4 is 0 Å². The third-order valence-electron chi connectivity index (χ3n) is 4.97. The summed E-state index contributed by atoms with van der Waals surface area (Å²) in [6.45, 7) is 6.88. The molecule has 0 radical (unpaired) electrons. The molecular formula is C16H25N. The summed E-state index contributed by atoms with van der Waals surface area (Å²) in [6, 6.07) is 9.77. The third kappa shape index (κ3) is 1.91. The molecule has 1 N–H and O–H groups in total. The van der Waals surface area contributed by atoms with Crippen LogP contribution in [0.4, 0.5) is 0 Å². The van der Waals surface area contributed by atoms with Crippen molar-refractivity contribution in [1.82, 2.24) is 5.32 Å². The molecule has 1 saturated carbocycles. The molecule has 17 heavy (non-hydrogen) atoms. The van der Waals surface area contributed by atoms with E-state index in [4.69, 9.17) is 0 Å². The first-order valence-corrected chi connectivity index (χ1v) is 6.91. The van der Waals surface area contributed by atoms with Gasteiger partial charge in [-0.1, -0.05) is 43.7 Å². The second-order valence-corrected chi connectivity index (χ2v) is 5.48. The zero-order chi connectivity index (χ0) is 12.5. The molecule has 0 spiro atoms. The SMILES string of the molecule is CCC1(CC)C(NC)CC1c1cccc(C)c1. The molecule has 0 heterocycles. The second-order valence-electron chi connectivity index (χ2n) is 5.48. The van der Waals surface area contributed by atoms with Crippen molar-refractivity contribution in [3.63, 3.8) is 0 Å². The van der Waals surface area contributed by atoms with Crippen LogP contribution >= 0.6 is 0 Å². The van der Waals surface area contributed by atoms with E-state index in [0.717, 1.165) is 5.92 Å². The predicted octanol–water partition coefficient (Wildman–Crippen LogP) is 3.88. The molecule has 94 valence electrons. The highest BCUT2D eigenvalue weighted by molar-refractivity contribution is 5.31. The summed E-state index contributed by atoms with van der Waals surface area (Å²) in [5, 5.41) is 3.51. The van der Waals surface area contributed by atoms with Crippen molar-refractivity contribution in [2.45, 2.75) is 52.0 Å². The topological polar surface area (TPSA) is 12.0 Å². The Morgan fingerprint density at radius 3 is 2.53 bits per heavy atom. The fourth-order valence-corrected chi connectivity index (χ4v) is 3.78.